The number of aromatic nitrogens is 2. The molecule has 0 aliphatic carbocycles. The summed E-state index contributed by atoms with van der Waals surface area (Å²) in [6.45, 7) is 8.26. The molecular formula is C11H21N3. The highest BCUT2D eigenvalue weighted by Crippen LogP contribution is 2.07. The van der Waals surface area contributed by atoms with Crippen LogP contribution in [0.2, 0.25) is 0 Å². The highest BCUT2D eigenvalue weighted by Gasteiger charge is 1.99. The van der Waals surface area contributed by atoms with E-state index in [0.717, 1.165) is 11.2 Å². The van der Waals surface area contributed by atoms with Crippen molar-refractivity contribution >= 4 is 0 Å². The summed E-state index contributed by atoms with van der Waals surface area (Å²) in [5, 5.41) is 4.37. The molecule has 0 saturated heterocycles. The zero-order valence-corrected chi connectivity index (χ0v) is 10.1. The first-order valence-corrected chi connectivity index (χ1v) is 5.12. The Bertz CT molecular complexity index is 324. The molecule has 0 amide bonds. The van der Waals surface area contributed by atoms with Crippen molar-refractivity contribution in [3.05, 3.63) is 23.3 Å². The average molecular weight is 195 g/mol. The third-order valence-corrected chi connectivity index (χ3v) is 1.82. The minimum Gasteiger partial charge on any atom is -0.270 e. The molecule has 0 saturated carbocycles. The number of aryl methyl sites for hydroxylation is 1. The second-order valence-corrected chi connectivity index (χ2v) is 3.12. The summed E-state index contributed by atoms with van der Waals surface area (Å²) in [6.07, 6.45) is 0. The Morgan fingerprint density at radius 3 is 2.21 bits per heavy atom. The van der Waals surface area contributed by atoms with Crippen LogP contribution in [-0.2, 0) is 7.05 Å². The molecule has 1 rings (SSSR count). The van der Waals surface area contributed by atoms with Gasteiger partial charge in [-0.25, -0.2) is 0 Å². The predicted molar refractivity (Wildman–Crippen MR) is 60.1 cm³/mol. The molecule has 3 nitrogen and oxygen atoms in total. The smallest absolute Gasteiger partial charge is 0.143 e. The first-order valence-electron chi connectivity index (χ1n) is 5.12. The van der Waals surface area contributed by atoms with E-state index in [0.29, 0.717) is 5.92 Å². The van der Waals surface area contributed by atoms with Crippen LogP contribution >= 0.6 is 0 Å². The van der Waals surface area contributed by atoms with Gasteiger partial charge < -0.3 is 0 Å². The van der Waals surface area contributed by atoms with Crippen molar-refractivity contribution in [3.63, 3.8) is 0 Å². The molecule has 80 valence electrons. The first-order chi connectivity index (χ1) is 6.65. The lowest BCUT2D eigenvalue weighted by Gasteiger charge is -2.05. The SMILES string of the molecule is CC.CN=c1ccc(C(C)C)nn1C. The first kappa shape index (κ1) is 12.9. The summed E-state index contributed by atoms with van der Waals surface area (Å²) in [6, 6.07) is 4.01. The molecule has 0 fully saturated rings. The van der Waals surface area contributed by atoms with E-state index in [2.05, 4.69) is 23.9 Å². The molecule has 0 aliphatic rings. The van der Waals surface area contributed by atoms with Crippen LogP contribution in [0.3, 0.4) is 0 Å². The van der Waals surface area contributed by atoms with E-state index in [9.17, 15) is 0 Å². The van der Waals surface area contributed by atoms with E-state index < -0.39 is 0 Å². The fourth-order valence-electron chi connectivity index (χ4n) is 1.05. The fourth-order valence-corrected chi connectivity index (χ4v) is 1.05. The summed E-state index contributed by atoms with van der Waals surface area (Å²) < 4.78 is 1.80. The maximum absolute atomic E-state index is 4.37. The van der Waals surface area contributed by atoms with Gasteiger partial charge in [0, 0.05) is 14.1 Å². The predicted octanol–water partition coefficient (Wildman–Crippen LogP) is 2.10. The molecule has 0 atom stereocenters. The standard InChI is InChI=1S/C9H15N3.C2H6/c1-7(2)8-5-6-9(10-3)12(4)11-8;1-2/h5-7H,1-4H3;1-2H3. The van der Waals surface area contributed by atoms with E-state index >= 15 is 0 Å². The van der Waals surface area contributed by atoms with Crippen molar-refractivity contribution in [1.29, 1.82) is 0 Å². The Labute approximate surface area is 86.5 Å². The van der Waals surface area contributed by atoms with Crippen molar-refractivity contribution in [2.75, 3.05) is 7.05 Å². The topological polar surface area (TPSA) is 30.2 Å². The van der Waals surface area contributed by atoms with Gasteiger partial charge in [-0.3, -0.25) is 9.67 Å². The maximum atomic E-state index is 4.37. The monoisotopic (exact) mass is 195 g/mol. The highest BCUT2D eigenvalue weighted by molar-refractivity contribution is 5.03. The van der Waals surface area contributed by atoms with Crippen LogP contribution in [0.15, 0.2) is 17.1 Å². The molecule has 0 bridgehead atoms. The van der Waals surface area contributed by atoms with Crippen molar-refractivity contribution in [2.45, 2.75) is 33.6 Å². The Kier molecular flexibility index (Phi) is 5.84. The minimum absolute atomic E-state index is 0.474. The van der Waals surface area contributed by atoms with Crippen LogP contribution in [0.4, 0.5) is 0 Å². The van der Waals surface area contributed by atoms with Crippen molar-refractivity contribution in [3.8, 4) is 0 Å². The summed E-state index contributed by atoms with van der Waals surface area (Å²) in [5.74, 6) is 0.474. The quantitative estimate of drug-likeness (QED) is 0.675. The van der Waals surface area contributed by atoms with E-state index in [1.165, 1.54) is 0 Å². The molecule has 1 aromatic rings. The largest absolute Gasteiger partial charge is 0.270 e. The van der Waals surface area contributed by atoms with Gasteiger partial charge in [0.1, 0.15) is 5.49 Å². The lowest BCUT2D eigenvalue weighted by Crippen LogP contribution is -2.21. The van der Waals surface area contributed by atoms with E-state index in [-0.39, 0.29) is 0 Å². The van der Waals surface area contributed by atoms with E-state index in [1.54, 1.807) is 11.7 Å². The Morgan fingerprint density at radius 2 is 1.86 bits per heavy atom. The molecule has 0 unspecified atom stereocenters. The summed E-state index contributed by atoms with van der Waals surface area (Å²) in [7, 11) is 3.68. The van der Waals surface area contributed by atoms with E-state index in [1.807, 2.05) is 33.0 Å². The Morgan fingerprint density at radius 1 is 1.29 bits per heavy atom. The molecule has 0 N–H and O–H groups in total. The van der Waals surface area contributed by atoms with Crippen LogP contribution < -0.4 is 5.49 Å². The van der Waals surface area contributed by atoms with Gasteiger partial charge in [-0.15, -0.1) is 0 Å². The van der Waals surface area contributed by atoms with Crippen LogP contribution in [-0.4, -0.2) is 16.8 Å². The van der Waals surface area contributed by atoms with Crippen LogP contribution in [0.5, 0.6) is 0 Å². The minimum atomic E-state index is 0.474. The summed E-state index contributed by atoms with van der Waals surface area (Å²) in [5.41, 5.74) is 2.00. The van der Waals surface area contributed by atoms with Gasteiger partial charge in [-0.1, -0.05) is 27.7 Å². The van der Waals surface area contributed by atoms with E-state index in [4.69, 9.17) is 0 Å². The number of hydrogen-bond donors (Lipinski definition) is 0. The molecule has 3 heteroatoms. The van der Waals surface area contributed by atoms with Crippen LogP contribution in [0, 0.1) is 0 Å². The fraction of sp³-hybridized carbons (Fsp3) is 0.636. The molecule has 0 aromatic carbocycles. The van der Waals surface area contributed by atoms with Gasteiger partial charge in [-0.2, -0.15) is 5.10 Å². The zero-order chi connectivity index (χ0) is 11.1. The van der Waals surface area contributed by atoms with Gasteiger partial charge in [0.05, 0.1) is 5.69 Å². The van der Waals surface area contributed by atoms with Gasteiger partial charge in [0.2, 0.25) is 0 Å². The molecular weight excluding hydrogens is 174 g/mol. The normalized spacial score (nSPS) is 11.2. The van der Waals surface area contributed by atoms with Gasteiger partial charge >= 0.3 is 0 Å². The summed E-state index contributed by atoms with van der Waals surface area (Å²) >= 11 is 0. The molecule has 1 heterocycles. The molecule has 0 aliphatic heterocycles. The van der Waals surface area contributed by atoms with Crippen LogP contribution in [0.1, 0.15) is 39.3 Å². The van der Waals surface area contributed by atoms with Gasteiger partial charge in [-0.05, 0) is 18.1 Å². The van der Waals surface area contributed by atoms with Crippen molar-refractivity contribution in [1.82, 2.24) is 9.78 Å². The summed E-state index contributed by atoms with van der Waals surface area (Å²) in [4.78, 5) is 4.07. The number of rotatable bonds is 1. The lowest BCUT2D eigenvalue weighted by atomic mass is 10.1. The maximum Gasteiger partial charge on any atom is 0.143 e. The molecule has 0 spiro atoms. The Balaban J connectivity index is 0.000000791. The molecule has 1 aromatic heterocycles. The Hall–Kier alpha value is -1.12. The highest BCUT2D eigenvalue weighted by atomic mass is 15.3. The van der Waals surface area contributed by atoms with Gasteiger partial charge in [0.25, 0.3) is 0 Å². The number of hydrogen-bond acceptors (Lipinski definition) is 2. The van der Waals surface area contributed by atoms with Gasteiger partial charge in [0.15, 0.2) is 0 Å². The van der Waals surface area contributed by atoms with Crippen molar-refractivity contribution in [2.24, 2.45) is 12.0 Å². The second-order valence-electron chi connectivity index (χ2n) is 3.12. The number of nitrogens with zero attached hydrogens (tertiary/aromatic N) is 3. The zero-order valence-electron chi connectivity index (χ0n) is 10.1. The van der Waals surface area contributed by atoms with Crippen LogP contribution in [0.25, 0.3) is 0 Å². The molecule has 0 radical (unpaired) electrons. The second kappa shape index (κ2) is 6.35. The third kappa shape index (κ3) is 3.32. The third-order valence-electron chi connectivity index (χ3n) is 1.82. The van der Waals surface area contributed by atoms with Crippen molar-refractivity contribution < 1.29 is 0 Å². The average Bonchev–Trinajstić information content (AvgIpc) is 2.20. The molecule has 14 heavy (non-hydrogen) atoms. The lowest BCUT2D eigenvalue weighted by molar-refractivity contribution is 0.641.